The van der Waals surface area contributed by atoms with Gasteiger partial charge in [0, 0.05) is 0 Å². The van der Waals surface area contributed by atoms with Gasteiger partial charge in [0.1, 0.15) is 6.29 Å². The van der Waals surface area contributed by atoms with Crippen LogP contribution in [0.25, 0.3) is 0 Å². The average molecular weight is 248 g/mol. The predicted octanol–water partition coefficient (Wildman–Crippen LogP) is 2.36. The molecule has 0 aromatic heterocycles. The molecule has 3 nitrogen and oxygen atoms in total. The van der Waals surface area contributed by atoms with Gasteiger partial charge < -0.3 is 5.11 Å². The van der Waals surface area contributed by atoms with Crippen LogP contribution >= 0.6 is 0 Å². The van der Waals surface area contributed by atoms with E-state index >= 15 is 0 Å². The molecule has 1 rings (SSSR count). The summed E-state index contributed by atoms with van der Waals surface area (Å²) in [7, 11) is 0. The van der Waals surface area contributed by atoms with E-state index in [1.807, 2.05) is 13.0 Å². The highest BCUT2D eigenvalue weighted by Gasteiger charge is 2.21. The third-order valence-electron chi connectivity index (χ3n) is 3.26. The van der Waals surface area contributed by atoms with Crippen LogP contribution in [-0.2, 0) is 9.59 Å². The van der Waals surface area contributed by atoms with Gasteiger partial charge in [0.05, 0.1) is 6.10 Å². The van der Waals surface area contributed by atoms with Crippen molar-refractivity contribution in [3.8, 4) is 0 Å². The molecule has 1 N–H and O–H groups in total. The molecule has 0 saturated carbocycles. The molecule has 1 aliphatic rings. The van der Waals surface area contributed by atoms with E-state index in [1.165, 1.54) is 0 Å². The highest BCUT2D eigenvalue weighted by atomic mass is 16.3. The number of rotatable bonds is 5. The summed E-state index contributed by atoms with van der Waals surface area (Å²) in [4.78, 5) is 22.0. The monoisotopic (exact) mass is 248 g/mol. The molecule has 0 aliphatic heterocycles. The number of carbonyl (C=O) groups is 2. The zero-order valence-electron chi connectivity index (χ0n) is 11.1. The van der Waals surface area contributed by atoms with Crippen molar-refractivity contribution in [1.29, 1.82) is 0 Å². The molecule has 0 aromatic rings. The number of aliphatic hydroxyl groups excluding tert-OH is 1. The van der Waals surface area contributed by atoms with E-state index in [0.29, 0.717) is 11.1 Å². The minimum Gasteiger partial charge on any atom is -0.385 e. The van der Waals surface area contributed by atoms with E-state index in [-0.39, 0.29) is 11.7 Å². The second kappa shape index (κ2) is 6.45. The third kappa shape index (κ3) is 3.77. The zero-order valence-corrected chi connectivity index (χ0v) is 11.1. The number of hydrogen-bond donors (Lipinski definition) is 1. The van der Waals surface area contributed by atoms with E-state index in [2.05, 4.69) is 0 Å². The van der Waals surface area contributed by atoms with Crippen LogP contribution in [-0.4, -0.2) is 23.3 Å². The number of aldehydes is 1. The van der Waals surface area contributed by atoms with Crippen molar-refractivity contribution in [1.82, 2.24) is 0 Å². The first-order valence-corrected chi connectivity index (χ1v) is 6.20. The second-order valence-corrected chi connectivity index (χ2v) is 4.85. The molecule has 0 spiro atoms. The van der Waals surface area contributed by atoms with Gasteiger partial charge in [0.2, 0.25) is 0 Å². The van der Waals surface area contributed by atoms with E-state index in [4.69, 9.17) is 0 Å². The van der Waals surface area contributed by atoms with E-state index < -0.39 is 6.10 Å². The Kier molecular flexibility index (Phi) is 5.23. The lowest BCUT2D eigenvalue weighted by Gasteiger charge is -2.22. The van der Waals surface area contributed by atoms with Gasteiger partial charge in [-0.1, -0.05) is 13.0 Å². The lowest BCUT2D eigenvalue weighted by molar-refractivity contribution is -0.111. The van der Waals surface area contributed by atoms with Gasteiger partial charge in [0.25, 0.3) is 0 Å². The minimum atomic E-state index is -0.658. The third-order valence-corrected chi connectivity index (χ3v) is 3.26. The number of ketones is 1. The molecule has 98 valence electrons. The fourth-order valence-electron chi connectivity index (χ4n) is 1.98. The lowest BCUT2D eigenvalue weighted by Crippen LogP contribution is -2.21. The Morgan fingerprint density at radius 3 is 2.83 bits per heavy atom. The fourth-order valence-corrected chi connectivity index (χ4v) is 1.98. The summed E-state index contributed by atoms with van der Waals surface area (Å²) in [6, 6.07) is 0. The molecule has 0 aromatic carbocycles. The second-order valence-electron chi connectivity index (χ2n) is 4.85. The minimum absolute atomic E-state index is 0.0261. The first kappa shape index (κ1) is 14.6. The van der Waals surface area contributed by atoms with Crippen molar-refractivity contribution in [2.45, 2.75) is 39.7 Å². The van der Waals surface area contributed by atoms with Crippen LogP contribution in [0.2, 0.25) is 0 Å². The molecule has 0 heterocycles. The molecular weight excluding hydrogens is 228 g/mol. The standard InChI is InChI=1S/C15H20O3/c1-10(9-16)5-4-6-11(2)13-8-14(17)12(3)7-15(13)18/h5,7-9,11,15,18H,4,6H2,1-3H3/b10-5+/t11-,15-/m0/s1. The average Bonchev–Trinajstić information content (AvgIpc) is 2.33. The maximum atomic E-state index is 11.6. The van der Waals surface area contributed by atoms with Crippen molar-refractivity contribution in [2.75, 3.05) is 0 Å². The number of allylic oxidation sites excluding steroid dienone is 4. The maximum absolute atomic E-state index is 11.6. The van der Waals surface area contributed by atoms with E-state index in [9.17, 15) is 14.7 Å². The lowest BCUT2D eigenvalue weighted by atomic mass is 9.86. The van der Waals surface area contributed by atoms with Crippen LogP contribution in [0, 0.1) is 5.92 Å². The molecule has 0 amide bonds. The molecule has 3 heteroatoms. The largest absolute Gasteiger partial charge is 0.385 e. The highest BCUT2D eigenvalue weighted by molar-refractivity contribution is 6.05. The van der Waals surface area contributed by atoms with Crippen LogP contribution in [0.3, 0.4) is 0 Å². The molecule has 0 unspecified atom stereocenters. The van der Waals surface area contributed by atoms with Crippen molar-refractivity contribution >= 4 is 12.1 Å². The fraction of sp³-hybridized carbons (Fsp3) is 0.467. The Hall–Kier alpha value is -1.48. The Labute approximate surface area is 108 Å². The van der Waals surface area contributed by atoms with Gasteiger partial charge in [0.15, 0.2) is 5.78 Å². The van der Waals surface area contributed by atoms with Gasteiger partial charge in [-0.05, 0) is 61.5 Å². The summed E-state index contributed by atoms with van der Waals surface area (Å²) in [6.45, 7) is 5.46. The number of carbonyl (C=O) groups excluding carboxylic acids is 2. The van der Waals surface area contributed by atoms with Gasteiger partial charge >= 0.3 is 0 Å². The summed E-state index contributed by atoms with van der Waals surface area (Å²) in [5.41, 5.74) is 2.07. The Morgan fingerprint density at radius 1 is 1.56 bits per heavy atom. The topological polar surface area (TPSA) is 54.4 Å². The molecule has 0 radical (unpaired) electrons. The first-order chi connectivity index (χ1) is 8.45. The normalized spacial score (nSPS) is 22.3. The first-order valence-electron chi connectivity index (χ1n) is 6.20. The SMILES string of the molecule is CC1=C[C@H](O)C([C@@H](C)CC/C=C(\C)C=O)=CC1=O. The summed E-state index contributed by atoms with van der Waals surface area (Å²) in [5, 5.41) is 9.91. The molecular formula is C15H20O3. The molecule has 1 aliphatic carbocycles. The van der Waals surface area contributed by atoms with Gasteiger partial charge in [-0.3, -0.25) is 9.59 Å². The van der Waals surface area contributed by atoms with Crippen LogP contribution in [0.5, 0.6) is 0 Å². The maximum Gasteiger partial charge on any atom is 0.181 e. The Bertz CT molecular complexity index is 427. The van der Waals surface area contributed by atoms with Crippen LogP contribution < -0.4 is 0 Å². The van der Waals surface area contributed by atoms with Gasteiger partial charge in [-0.25, -0.2) is 0 Å². The smallest absolute Gasteiger partial charge is 0.181 e. The van der Waals surface area contributed by atoms with Crippen LogP contribution in [0.1, 0.15) is 33.6 Å². The van der Waals surface area contributed by atoms with Gasteiger partial charge in [-0.2, -0.15) is 0 Å². The summed E-state index contributed by atoms with van der Waals surface area (Å²) in [5.74, 6) is 0.103. The quantitative estimate of drug-likeness (QED) is 0.600. The van der Waals surface area contributed by atoms with Gasteiger partial charge in [-0.15, -0.1) is 0 Å². The number of hydrogen-bond acceptors (Lipinski definition) is 3. The molecule has 2 atom stereocenters. The van der Waals surface area contributed by atoms with Crippen LogP contribution in [0.4, 0.5) is 0 Å². The Balaban J connectivity index is 2.62. The molecule has 0 bridgehead atoms. The summed E-state index contributed by atoms with van der Waals surface area (Å²) < 4.78 is 0. The van der Waals surface area contributed by atoms with Crippen molar-refractivity contribution in [3.05, 3.63) is 34.9 Å². The van der Waals surface area contributed by atoms with Crippen molar-refractivity contribution < 1.29 is 14.7 Å². The van der Waals surface area contributed by atoms with E-state index in [1.54, 1.807) is 26.0 Å². The predicted molar refractivity (Wildman–Crippen MR) is 71.1 cm³/mol. The molecule has 0 saturated heterocycles. The molecule has 18 heavy (non-hydrogen) atoms. The van der Waals surface area contributed by atoms with Crippen molar-refractivity contribution in [2.24, 2.45) is 5.92 Å². The van der Waals surface area contributed by atoms with E-state index in [0.717, 1.165) is 24.7 Å². The highest BCUT2D eigenvalue weighted by Crippen LogP contribution is 2.25. The number of aliphatic hydroxyl groups is 1. The van der Waals surface area contributed by atoms with Crippen LogP contribution in [0.15, 0.2) is 34.9 Å². The molecule has 0 fully saturated rings. The van der Waals surface area contributed by atoms with Crippen molar-refractivity contribution in [3.63, 3.8) is 0 Å². The Morgan fingerprint density at radius 2 is 2.22 bits per heavy atom. The zero-order chi connectivity index (χ0) is 13.7. The summed E-state index contributed by atoms with van der Waals surface area (Å²) in [6.07, 6.45) is 6.77. The summed E-state index contributed by atoms with van der Waals surface area (Å²) >= 11 is 0.